The van der Waals surface area contributed by atoms with Crippen LogP contribution in [0.3, 0.4) is 0 Å². The summed E-state index contributed by atoms with van der Waals surface area (Å²) in [7, 11) is 0. The van der Waals surface area contributed by atoms with Crippen molar-refractivity contribution in [3.05, 3.63) is 0 Å². The first-order valence-electron chi connectivity index (χ1n) is 2.79. The van der Waals surface area contributed by atoms with Gasteiger partial charge in [-0.1, -0.05) is 25.6 Å². The Morgan fingerprint density at radius 2 is 1.80 bits per heavy atom. The summed E-state index contributed by atoms with van der Waals surface area (Å²) in [5.41, 5.74) is 3.09. The molecule has 0 aromatic carbocycles. The summed E-state index contributed by atoms with van der Waals surface area (Å²) in [5.74, 6) is 0. The highest BCUT2D eigenvalue weighted by Crippen LogP contribution is 2.10. The predicted molar refractivity (Wildman–Crippen MR) is 53.4 cm³/mol. The molecule has 0 amide bonds. The van der Waals surface area contributed by atoms with Crippen molar-refractivity contribution < 1.29 is 0 Å². The van der Waals surface area contributed by atoms with Crippen LogP contribution in [-0.2, 0) is 0 Å². The average molecular weight is 199 g/mol. The topological polar surface area (TPSA) is 27.3 Å². The van der Waals surface area contributed by atoms with Crippen molar-refractivity contribution in [2.75, 3.05) is 0 Å². The molecular weight excluding hydrogens is 186 g/mol. The molecule has 0 rings (SSSR count). The van der Waals surface area contributed by atoms with Gasteiger partial charge in [0.2, 0.25) is 0 Å². The van der Waals surface area contributed by atoms with E-state index in [1.54, 1.807) is 0 Å². The van der Waals surface area contributed by atoms with Crippen LogP contribution in [0.1, 0.15) is 20.8 Å². The number of hydrogen-bond donors (Lipinski definition) is 4. The van der Waals surface area contributed by atoms with E-state index in [2.05, 4.69) is 56.7 Å². The Morgan fingerprint density at radius 3 is 2.10 bits per heavy atom. The third kappa shape index (κ3) is 8.93. The summed E-state index contributed by atoms with van der Waals surface area (Å²) in [6.45, 7) is 6.17. The molecule has 6 heteroatoms. The average Bonchev–Trinajstić information content (AvgIpc) is 1.59. The largest absolute Gasteiger partial charge is 0.242 e. The van der Waals surface area contributed by atoms with Crippen LogP contribution in [0.4, 0.5) is 0 Å². The molecule has 0 aliphatic heterocycles. The van der Waals surface area contributed by atoms with E-state index in [9.17, 15) is 0 Å². The summed E-state index contributed by atoms with van der Waals surface area (Å²) in [5, 5.41) is 0. The van der Waals surface area contributed by atoms with Crippen molar-refractivity contribution in [2.45, 2.75) is 26.3 Å². The van der Waals surface area contributed by atoms with E-state index in [-0.39, 0.29) is 5.54 Å². The summed E-state index contributed by atoms with van der Waals surface area (Å²) in [6.07, 6.45) is 0. The monoisotopic (exact) mass is 199 g/mol. The van der Waals surface area contributed by atoms with Gasteiger partial charge in [-0.05, 0) is 20.8 Å². The lowest BCUT2D eigenvalue weighted by Gasteiger charge is -2.20. The van der Waals surface area contributed by atoms with Crippen molar-refractivity contribution >= 4 is 37.8 Å². The lowest BCUT2D eigenvalue weighted by Crippen LogP contribution is -2.43. The van der Waals surface area contributed by atoms with E-state index in [1.807, 2.05) is 0 Å². The molecule has 0 heterocycles. The molecule has 2 N–H and O–H groups in total. The quantitative estimate of drug-likeness (QED) is 0.314. The molecule has 62 valence electrons. The smallest absolute Gasteiger partial charge is 0.0432 e. The first-order valence-corrected chi connectivity index (χ1v) is 4.36. The molecule has 0 aromatic heterocycles. The fraction of sp³-hybridized carbons (Fsp3) is 1.00. The molecule has 0 atom stereocenters. The van der Waals surface area contributed by atoms with Gasteiger partial charge in [-0.2, -0.15) is 4.83 Å². The summed E-state index contributed by atoms with van der Waals surface area (Å²) < 4.78 is 1.37. The van der Waals surface area contributed by atoms with Crippen molar-refractivity contribution in [2.24, 2.45) is 0 Å². The number of hydrogen-bond acceptors (Lipinski definition) is 6. The Kier molecular flexibility index (Phi) is 5.18. The van der Waals surface area contributed by atoms with Crippen LogP contribution in [0.5, 0.6) is 0 Å². The van der Waals surface area contributed by atoms with Gasteiger partial charge >= 0.3 is 0 Å². The molecule has 0 fully saturated rings. The van der Waals surface area contributed by atoms with Crippen LogP contribution < -0.4 is 10.3 Å². The molecule has 0 unspecified atom stereocenters. The van der Waals surface area contributed by atoms with Crippen LogP contribution in [0, 0.1) is 0 Å². The lowest BCUT2D eigenvalue weighted by atomic mass is 10.1. The minimum Gasteiger partial charge on any atom is -0.242 e. The maximum atomic E-state index is 3.89. The Morgan fingerprint density at radius 1 is 1.30 bits per heavy atom. The van der Waals surface area contributed by atoms with Crippen molar-refractivity contribution in [3.63, 3.8) is 0 Å². The molecule has 0 aromatic rings. The molecule has 0 spiro atoms. The van der Waals surface area contributed by atoms with Gasteiger partial charge in [0.15, 0.2) is 0 Å². The minimum absolute atomic E-state index is 0.0601. The second-order valence-corrected chi connectivity index (χ2v) is 5.23. The molecule has 0 saturated carbocycles. The molecule has 10 heavy (non-hydrogen) atoms. The molecule has 0 saturated heterocycles. The maximum absolute atomic E-state index is 3.89. The fourth-order valence-corrected chi connectivity index (χ4v) is 0.895. The van der Waals surface area contributed by atoms with Crippen LogP contribution >= 0.6 is 37.8 Å². The standard InChI is InChI=1S/C4H13N3S3/c1-4(2,3)5-6-10-7(8)9/h5-6,8-9H,1-3H3. The Bertz CT molecular complexity index is 90.2. The third-order valence-corrected chi connectivity index (χ3v) is 1.40. The van der Waals surface area contributed by atoms with Gasteiger partial charge in [-0.25, -0.2) is 5.43 Å². The van der Waals surface area contributed by atoms with Crippen LogP contribution in [0.15, 0.2) is 0 Å². The molecular formula is C4H13N3S3. The molecule has 0 aliphatic rings. The van der Waals surface area contributed by atoms with Gasteiger partial charge in [0.1, 0.15) is 0 Å². The highest BCUT2D eigenvalue weighted by molar-refractivity contribution is 8.14. The summed E-state index contributed by atoms with van der Waals surface area (Å²) in [6, 6.07) is 0. The zero-order valence-electron chi connectivity index (χ0n) is 6.25. The summed E-state index contributed by atoms with van der Waals surface area (Å²) in [4.78, 5) is 2.86. The van der Waals surface area contributed by atoms with Crippen LogP contribution in [-0.4, -0.2) is 8.65 Å². The van der Waals surface area contributed by atoms with Gasteiger partial charge in [-0.3, -0.25) is 0 Å². The predicted octanol–water partition coefficient (Wildman–Crippen LogP) is 1.43. The maximum Gasteiger partial charge on any atom is 0.0432 e. The second-order valence-electron chi connectivity index (χ2n) is 2.82. The first kappa shape index (κ1) is 10.9. The van der Waals surface area contributed by atoms with Crippen molar-refractivity contribution in [1.29, 1.82) is 0 Å². The lowest BCUT2D eigenvalue weighted by molar-refractivity contribution is 0.415. The number of nitrogens with one attached hydrogen (secondary N) is 2. The van der Waals surface area contributed by atoms with Gasteiger partial charge in [0.25, 0.3) is 0 Å². The van der Waals surface area contributed by atoms with Gasteiger partial charge in [0, 0.05) is 17.7 Å². The molecule has 0 radical (unpaired) electrons. The van der Waals surface area contributed by atoms with Gasteiger partial charge < -0.3 is 0 Å². The number of thiol groups is 2. The minimum atomic E-state index is 0.0601. The fourth-order valence-electron chi connectivity index (χ4n) is 0.217. The van der Waals surface area contributed by atoms with E-state index in [0.717, 1.165) is 0 Å². The zero-order valence-corrected chi connectivity index (χ0v) is 8.86. The molecule has 0 aliphatic carbocycles. The van der Waals surface area contributed by atoms with E-state index in [1.165, 1.54) is 15.2 Å². The Balaban J connectivity index is 3.21. The molecule has 0 bridgehead atoms. The Hall–Kier alpha value is 0.930. The highest BCUT2D eigenvalue weighted by Gasteiger charge is 2.07. The van der Waals surface area contributed by atoms with E-state index < -0.39 is 0 Å². The normalized spacial score (nSPS) is 12.6. The SMILES string of the molecule is CC(C)(C)NNSN(S)S. The molecule has 3 nitrogen and oxygen atoms in total. The number of nitrogens with zero attached hydrogens (tertiary/aromatic N) is 1. The first-order chi connectivity index (χ1) is 4.42. The van der Waals surface area contributed by atoms with Crippen molar-refractivity contribution in [3.8, 4) is 0 Å². The van der Waals surface area contributed by atoms with E-state index in [0.29, 0.717) is 0 Å². The summed E-state index contributed by atoms with van der Waals surface area (Å²) >= 11 is 9.03. The van der Waals surface area contributed by atoms with Crippen molar-refractivity contribution in [1.82, 2.24) is 13.4 Å². The van der Waals surface area contributed by atoms with Crippen LogP contribution in [0.2, 0.25) is 0 Å². The zero-order chi connectivity index (χ0) is 8.20. The highest BCUT2D eigenvalue weighted by atomic mass is 32.3. The van der Waals surface area contributed by atoms with E-state index in [4.69, 9.17) is 0 Å². The van der Waals surface area contributed by atoms with E-state index >= 15 is 0 Å². The number of hydrazine groups is 1. The van der Waals surface area contributed by atoms with Gasteiger partial charge in [-0.15, -0.1) is 3.12 Å². The van der Waals surface area contributed by atoms with Gasteiger partial charge in [0.05, 0.1) is 0 Å². The number of rotatable bonds is 3. The second kappa shape index (κ2) is 4.74. The Labute approximate surface area is 77.6 Å². The third-order valence-electron chi connectivity index (χ3n) is 0.553. The van der Waals surface area contributed by atoms with Crippen LogP contribution in [0.25, 0.3) is 0 Å².